The summed E-state index contributed by atoms with van der Waals surface area (Å²) in [6.07, 6.45) is 0. The highest BCUT2D eigenvalue weighted by Gasteiger charge is 2.32. The zero-order chi connectivity index (χ0) is 25.6. The zero-order valence-electron chi connectivity index (χ0n) is 19.8. The number of aryl methyl sites for hydroxylation is 1. The summed E-state index contributed by atoms with van der Waals surface area (Å²) in [6.45, 7) is 2.88. The van der Waals surface area contributed by atoms with Crippen LogP contribution in [0.25, 0.3) is 0 Å². The fourth-order valence-electron chi connectivity index (χ4n) is 3.54. The number of carbonyl (C=O) groups is 2. The van der Waals surface area contributed by atoms with Gasteiger partial charge in [-0.1, -0.05) is 48.0 Å². The summed E-state index contributed by atoms with van der Waals surface area (Å²) < 4.78 is 41.6. The normalized spacial score (nSPS) is 12.0. The van der Waals surface area contributed by atoms with Crippen LogP contribution in [0.5, 0.6) is 0 Å². The molecule has 0 aromatic heterocycles. The predicted molar refractivity (Wildman–Crippen MR) is 133 cm³/mol. The molecule has 0 spiro atoms. The van der Waals surface area contributed by atoms with Gasteiger partial charge in [0, 0.05) is 13.6 Å². The van der Waals surface area contributed by atoms with Crippen molar-refractivity contribution in [2.45, 2.75) is 31.3 Å². The molecular weight excluding hydrogens is 469 g/mol. The molecule has 0 aliphatic rings. The minimum atomic E-state index is -4.09. The van der Waals surface area contributed by atoms with Crippen LogP contribution < -0.4 is 9.62 Å². The topological polar surface area (TPSA) is 86.8 Å². The molecule has 7 nitrogen and oxygen atoms in total. The van der Waals surface area contributed by atoms with Gasteiger partial charge in [-0.3, -0.25) is 13.9 Å². The second-order valence-electron chi connectivity index (χ2n) is 8.10. The Morgan fingerprint density at radius 3 is 2.11 bits per heavy atom. The lowest BCUT2D eigenvalue weighted by Gasteiger charge is -2.31. The molecule has 1 N–H and O–H groups in total. The smallest absolute Gasteiger partial charge is 0.264 e. The van der Waals surface area contributed by atoms with Crippen LogP contribution in [0.1, 0.15) is 18.1 Å². The van der Waals surface area contributed by atoms with Crippen LogP contribution in [0, 0.1) is 12.7 Å². The van der Waals surface area contributed by atoms with Crippen LogP contribution in [0.15, 0.2) is 83.8 Å². The number of halogens is 1. The number of sulfonamides is 1. The van der Waals surface area contributed by atoms with E-state index in [2.05, 4.69) is 5.32 Å². The van der Waals surface area contributed by atoms with Gasteiger partial charge >= 0.3 is 0 Å². The Kier molecular flexibility index (Phi) is 8.24. The van der Waals surface area contributed by atoms with Crippen molar-refractivity contribution in [3.63, 3.8) is 0 Å². The maximum atomic E-state index is 13.6. The molecule has 0 heterocycles. The first-order valence-corrected chi connectivity index (χ1v) is 12.5. The maximum Gasteiger partial charge on any atom is 0.264 e. The molecule has 184 valence electrons. The Balaban J connectivity index is 1.99. The van der Waals surface area contributed by atoms with E-state index in [1.807, 2.05) is 6.92 Å². The van der Waals surface area contributed by atoms with Gasteiger partial charge in [-0.05, 0) is 55.8 Å². The standard InChI is InChI=1S/C26H28FN3O4S/c1-19-9-15-24(16-10-19)35(33,34)30(23-7-5-4-6-8-23)18-25(31)29(20(2)26(32)28-3)17-21-11-13-22(27)14-12-21/h4-16,20H,17-18H2,1-3H3,(H,28,32)/t20-/m0/s1. The van der Waals surface area contributed by atoms with E-state index in [1.54, 1.807) is 49.4 Å². The van der Waals surface area contributed by atoms with Crippen molar-refractivity contribution in [2.24, 2.45) is 0 Å². The summed E-state index contributed by atoms with van der Waals surface area (Å²) >= 11 is 0. The molecule has 0 aliphatic heterocycles. The van der Waals surface area contributed by atoms with Crippen molar-refractivity contribution >= 4 is 27.5 Å². The summed E-state index contributed by atoms with van der Waals surface area (Å²) in [5.41, 5.74) is 1.81. The maximum absolute atomic E-state index is 13.6. The fraction of sp³-hybridized carbons (Fsp3) is 0.231. The first kappa shape index (κ1) is 25.9. The third-order valence-corrected chi connectivity index (χ3v) is 7.40. The quantitative estimate of drug-likeness (QED) is 0.490. The Morgan fingerprint density at radius 2 is 1.54 bits per heavy atom. The second-order valence-corrected chi connectivity index (χ2v) is 9.96. The molecule has 0 aliphatic carbocycles. The van der Waals surface area contributed by atoms with E-state index < -0.39 is 40.2 Å². The number of anilines is 1. The number of benzene rings is 3. The molecule has 9 heteroatoms. The van der Waals surface area contributed by atoms with E-state index in [1.165, 1.54) is 48.3 Å². The molecule has 0 unspecified atom stereocenters. The lowest BCUT2D eigenvalue weighted by Crippen LogP contribution is -2.50. The van der Waals surface area contributed by atoms with Crippen LogP contribution in [-0.2, 0) is 26.2 Å². The molecule has 2 amide bonds. The van der Waals surface area contributed by atoms with Gasteiger partial charge in [0.25, 0.3) is 10.0 Å². The van der Waals surface area contributed by atoms with Crippen LogP contribution in [0.4, 0.5) is 10.1 Å². The molecule has 0 radical (unpaired) electrons. The number of rotatable bonds is 9. The molecule has 0 saturated carbocycles. The number of nitrogens with one attached hydrogen (secondary N) is 1. The molecule has 3 aromatic carbocycles. The molecule has 35 heavy (non-hydrogen) atoms. The first-order chi connectivity index (χ1) is 16.6. The van der Waals surface area contributed by atoms with E-state index >= 15 is 0 Å². The number of nitrogens with zero attached hydrogens (tertiary/aromatic N) is 2. The third-order valence-electron chi connectivity index (χ3n) is 5.61. The average molecular weight is 498 g/mol. The summed E-state index contributed by atoms with van der Waals surface area (Å²) in [4.78, 5) is 27.3. The van der Waals surface area contributed by atoms with Gasteiger partial charge in [0.1, 0.15) is 18.4 Å². The largest absolute Gasteiger partial charge is 0.357 e. The third kappa shape index (κ3) is 6.24. The van der Waals surface area contributed by atoms with Crippen molar-refractivity contribution in [1.29, 1.82) is 0 Å². The number of hydrogen-bond acceptors (Lipinski definition) is 4. The lowest BCUT2D eigenvalue weighted by molar-refractivity contribution is -0.139. The van der Waals surface area contributed by atoms with E-state index in [0.29, 0.717) is 11.3 Å². The SMILES string of the molecule is CNC(=O)[C@H](C)N(Cc1ccc(F)cc1)C(=O)CN(c1ccccc1)S(=O)(=O)c1ccc(C)cc1. The molecular formula is C26H28FN3O4S. The van der Waals surface area contributed by atoms with Gasteiger partial charge in [-0.2, -0.15) is 0 Å². The van der Waals surface area contributed by atoms with E-state index in [4.69, 9.17) is 0 Å². The number of carbonyl (C=O) groups excluding carboxylic acids is 2. The number of hydrogen-bond donors (Lipinski definition) is 1. The molecule has 3 aromatic rings. The van der Waals surface area contributed by atoms with Gasteiger partial charge in [0.2, 0.25) is 11.8 Å². The second kappa shape index (κ2) is 11.1. The Labute approximate surface area is 205 Å². The molecule has 1 atom stereocenters. The van der Waals surface area contributed by atoms with Crippen molar-refractivity contribution in [1.82, 2.24) is 10.2 Å². The molecule has 0 bridgehead atoms. The first-order valence-electron chi connectivity index (χ1n) is 11.0. The summed E-state index contributed by atoms with van der Waals surface area (Å²) in [5, 5.41) is 2.52. The number of para-hydroxylation sites is 1. The monoisotopic (exact) mass is 497 g/mol. The highest BCUT2D eigenvalue weighted by Crippen LogP contribution is 2.24. The zero-order valence-corrected chi connectivity index (χ0v) is 20.6. The van der Waals surface area contributed by atoms with Gasteiger partial charge in [-0.25, -0.2) is 12.8 Å². The fourth-order valence-corrected chi connectivity index (χ4v) is 4.95. The van der Waals surface area contributed by atoms with Crippen molar-refractivity contribution < 1.29 is 22.4 Å². The lowest BCUT2D eigenvalue weighted by atomic mass is 10.1. The minimum Gasteiger partial charge on any atom is -0.357 e. The average Bonchev–Trinajstić information content (AvgIpc) is 2.86. The van der Waals surface area contributed by atoms with Crippen molar-refractivity contribution in [2.75, 3.05) is 17.9 Å². The van der Waals surface area contributed by atoms with E-state index in [-0.39, 0.29) is 11.4 Å². The molecule has 0 fully saturated rings. The highest BCUT2D eigenvalue weighted by atomic mass is 32.2. The Bertz CT molecular complexity index is 1260. The Morgan fingerprint density at radius 1 is 0.943 bits per heavy atom. The van der Waals surface area contributed by atoms with Crippen LogP contribution in [-0.4, -0.2) is 44.8 Å². The van der Waals surface area contributed by atoms with Crippen LogP contribution >= 0.6 is 0 Å². The summed E-state index contributed by atoms with van der Waals surface area (Å²) in [5.74, 6) is -1.41. The van der Waals surface area contributed by atoms with Crippen LogP contribution in [0.3, 0.4) is 0 Å². The number of likely N-dealkylation sites (N-methyl/N-ethyl adjacent to an activating group) is 1. The predicted octanol–water partition coefficient (Wildman–Crippen LogP) is 3.49. The Hall–Kier alpha value is -3.72. The van der Waals surface area contributed by atoms with Gasteiger partial charge in [0.15, 0.2) is 0 Å². The van der Waals surface area contributed by atoms with Gasteiger partial charge in [-0.15, -0.1) is 0 Å². The van der Waals surface area contributed by atoms with Gasteiger partial charge in [0.05, 0.1) is 10.6 Å². The van der Waals surface area contributed by atoms with Crippen molar-refractivity contribution in [3.8, 4) is 0 Å². The molecule has 0 saturated heterocycles. The summed E-state index contributed by atoms with van der Waals surface area (Å²) in [7, 11) is -2.64. The number of amides is 2. The highest BCUT2D eigenvalue weighted by molar-refractivity contribution is 7.92. The van der Waals surface area contributed by atoms with E-state index in [0.717, 1.165) is 9.87 Å². The summed E-state index contributed by atoms with van der Waals surface area (Å²) in [6, 6.07) is 19.4. The van der Waals surface area contributed by atoms with Crippen molar-refractivity contribution in [3.05, 3.63) is 95.8 Å². The van der Waals surface area contributed by atoms with Gasteiger partial charge < -0.3 is 10.2 Å². The van der Waals surface area contributed by atoms with Crippen LogP contribution in [0.2, 0.25) is 0 Å². The van der Waals surface area contributed by atoms with E-state index in [9.17, 15) is 22.4 Å². The minimum absolute atomic E-state index is 0.000902. The molecule has 3 rings (SSSR count).